The Kier molecular flexibility index (Phi) is 2.42. The van der Waals surface area contributed by atoms with Crippen LogP contribution in [0.4, 0.5) is 0 Å². The van der Waals surface area contributed by atoms with Crippen LogP contribution in [0, 0.1) is 0 Å². The van der Waals surface area contributed by atoms with Crippen molar-refractivity contribution in [1.82, 2.24) is 4.57 Å². The van der Waals surface area contributed by atoms with Gasteiger partial charge in [-0.3, -0.25) is 0 Å². The van der Waals surface area contributed by atoms with E-state index < -0.39 is 0 Å². The van der Waals surface area contributed by atoms with E-state index in [2.05, 4.69) is 30.6 Å². The molecule has 2 aliphatic heterocycles. The van der Waals surface area contributed by atoms with Crippen LogP contribution in [-0.2, 0) is 19.3 Å². The van der Waals surface area contributed by atoms with E-state index in [1.165, 1.54) is 38.5 Å². The number of aromatic nitrogens is 1. The predicted molar refractivity (Wildman–Crippen MR) is 68.8 cm³/mol. The normalized spacial score (nSPS) is 23.0. The average molecular weight is 215 g/mol. The Labute approximate surface area is 98.2 Å². The van der Waals surface area contributed by atoms with Gasteiger partial charge in [0.2, 0.25) is 0 Å². The summed E-state index contributed by atoms with van der Waals surface area (Å²) in [5, 5.41) is 0. The molecule has 1 aromatic heterocycles. The molecule has 1 atom stereocenters. The van der Waals surface area contributed by atoms with Crippen molar-refractivity contribution in [2.75, 3.05) is 0 Å². The molecule has 1 heteroatoms. The predicted octanol–water partition coefficient (Wildman–Crippen LogP) is 3.91. The lowest BCUT2D eigenvalue weighted by atomic mass is 9.95. The summed E-state index contributed by atoms with van der Waals surface area (Å²) in [6, 6.07) is 0.836. The third-order valence-corrected chi connectivity index (χ3v) is 4.28. The monoisotopic (exact) mass is 215 g/mol. The van der Waals surface area contributed by atoms with Crippen molar-refractivity contribution in [3.8, 4) is 0 Å². The lowest BCUT2D eigenvalue weighted by Gasteiger charge is -2.23. The van der Waals surface area contributed by atoms with Crippen molar-refractivity contribution in [3.05, 3.63) is 28.6 Å². The molecule has 0 amide bonds. The van der Waals surface area contributed by atoms with E-state index in [1.807, 2.05) is 0 Å². The molecule has 0 fully saturated rings. The zero-order valence-corrected chi connectivity index (χ0v) is 10.4. The van der Waals surface area contributed by atoms with Gasteiger partial charge in [-0.15, -0.1) is 0 Å². The van der Waals surface area contributed by atoms with E-state index in [9.17, 15) is 0 Å². The highest BCUT2D eigenvalue weighted by molar-refractivity contribution is 5.60. The van der Waals surface area contributed by atoms with Crippen LogP contribution in [-0.4, -0.2) is 4.57 Å². The first kappa shape index (κ1) is 10.2. The Hall–Kier alpha value is -0.980. The Bertz CT molecular complexity index is 433. The number of hydrogen-bond acceptors (Lipinski definition) is 0. The van der Waals surface area contributed by atoms with Gasteiger partial charge in [0.1, 0.15) is 0 Å². The lowest BCUT2D eigenvalue weighted by molar-refractivity contribution is 0.419. The highest BCUT2D eigenvalue weighted by atomic mass is 15.1. The molecule has 0 radical (unpaired) electrons. The fourth-order valence-electron chi connectivity index (χ4n) is 3.70. The van der Waals surface area contributed by atoms with Crippen molar-refractivity contribution < 1.29 is 0 Å². The summed E-state index contributed by atoms with van der Waals surface area (Å²) in [6.45, 7) is 4.44. The molecule has 0 unspecified atom stereocenters. The molecule has 0 aliphatic carbocycles. The minimum atomic E-state index is 0.836. The van der Waals surface area contributed by atoms with Crippen LogP contribution in [0.1, 0.15) is 61.7 Å². The van der Waals surface area contributed by atoms with Crippen LogP contribution < -0.4 is 0 Å². The van der Waals surface area contributed by atoms with Crippen LogP contribution in [0.5, 0.6) is 0 Å². The van der Waals surface area contributed by atoms with Gasteiger partial charge in [-0.2, -0.15) is 0 Å². The van der Waals surface area contributed by atoms with Gasteiger partial charge in [0.25, 0.3) is 0 Å². The highest BCUT2D eigenvalue weighted by Crippen LogP contribution is 2.42. The second-order valence-electron chi connectivity index (χ2n) is 5.09. The van der Waals surface area contributed by atoms with Crippen molar-refractivity contribution in [2.24, 2.45) is 0 Å². The summed E-state index contributed by atoms with van der Waals surface area (Å²) in [6.07, 6.45) is 12.5. The highest BCUT2D eigenvalue weighted by Gasteiger charge is 2.32. The van der Waals surface area contributed by atoms with Gasteiger partial charge in [0.15, 0.2) is 0 Å². The Morgan fingerprint density at radius 3 is 2.88 bits per heavy atom. The van der Waals surface area contributed by atoms with Crippen molar-refractivity contribution in [1.29, 1.82) is 0 Å². The molecule has 0 saturated heterocycles. The van der Waals surface area contributed by atoms with Gasteiger partial charge in [-0.05, 0) is 56.6 Å². The third-order valence-electron chi connectivity index (χ3n) is 4.28. The topological polar surface area (TPSA) is 4.93 Å². The maximum absolute atomic E-state index is 2.69. The Balaban J connectivity index is 2.22. The zero-order chi connectivity index (χ0) is 11.1. The first-order valence-corrected chi connectivity index (χ1v) is 6.74. The summed E-state index contributed by atoms with van der Waals surface area (Å²) in [5.41, 5.74) is 6.50. The molecule has 0 saturated carbocycles. The average Bonchev–Trinajstić information content (AvgIpc) is 2.85. The van der Waals surface area contributed by atoms with Gasteiger partial charge < -0.3 is 4.57 Å². The van der Waals surface area contributed by atoms with Crippen LogP contribution in [0.15, 0.2) is 6.08 Å². The number of hydrogen-bond donors (Lipinski definition) is 0. The van der Waals surface area contributed by atoms with Gasteiger partial charge in [0, 0.05) is 17.4 Å². The Morgan fingerprint density at radius 1 is 1.25 bits per heavy atom. The molecule has 16 heavy (non-hydrogen) atoms. The third kappa shape index (κ3) is 1.24. The number of allylic oxidation sites excluding steroid dienone is 1. The molecule has 86 valence electrons. The SMILES string of the molecule is C/C=C\c1c(CC)c2n3c1CC[C@@H]3CCC2. The molecular formula is C15H21N. The molecule has 2 aliphatic rings. The fraction of sp³-hybridized carbons (Fsp3) is 0.600. The molecule has 0 spiro atoms. The second-order valence-corrected chi connectivity index (χ2v) is 5.09. The molecule has 1 nitrogen and oxygen atoms in total. The Morgan fingerprint density at radius 2 is 2.12 bits per heavy atom. The smallest absolute Gasteiger partial charge is 0.0340 e. The van der Waals surface area contributed by atoms with Crippen LogP contribution in [0.2, 0.25) is 0 Å². The van der Waals surface area contributed by atoms with Gasteiger partial charge >= 0.3 is 0 Å². The molecular weight excluding hydrogens is 194 g/mol. The summed E-state index contributed by atoms with van der Waals surface area (Å²) in [4.78, 5) is 0. The van der Waals surface area contributed by atoms with Crippen LogP contribution in [0.25, 0.3) is 6.08 Å². The van der Waals surface area contributed by atoms with E-state index >= 15 is 0 Å². The maximum Gasteiger partial charge on any atom is 0.0340 e. The second kappa shape index (κ2) is 3.80. The summed E-state index contributed by atoms with van der Waals surface area (Å²) >= 11 is 0. The van der Waals surface area contributed by atoms with Crippen molar-refractivity contribution in [2.45, 2.75) is 58.4 Å². The van der Waals surface area contributed by atoms with Gasteiger partial charge in [-0.25, -0.2) is 0 Å². The molecule has 3 rings (SSSR count). The first-order valence-electron chi connectivity index (χ1n) is 6.74. The molecule has 0 aromatic carbocycles. The van der Waals surface area contributed by atoms with E-state index in [-0.39, 0.29) is 0 Å². The van der Waals surface area contributed by atoms with E-state index in [0.29, 0.717) is 0 Å². The van der Waals surface area contributed by atoms with E-state index in [0.717, 1.165) is 6.04 Å². The number of rotatable bonds is 2. The minimum absolute atomic E-state index is 0.836. The zero-order valence-electron chi connectivity index (χ0n) is 10.4. The van der Waals surface area contributed by atoms with Crippen molar-refractivity contribution in [3.63, 3.8) is 0 Å². The van der Waals surface area contributed by atoms with Crippen molar-refractivity contribution >= 4 is 6.08 Å². The summed E-state index contributed by atoms with van der Waals surface area (Å²) in [5.74, 6) is 0. The lowest BCUT2D eigenvalue weighted by Crippen LogP contribution is -2.14. The van der Waals surface area contributed by atoms with E-state index in [1.54, 1.807) is 22.5 Å². The molecule has 3 heterocycles. The quantitative estimate of drug-likeness (QED) is 0.705. The molecule has 1 aromatic rings. The number of nitrogens with zero attached hydrogens (tertiary/aromatic N) is 1. The summed E-state index contributed by atoms with van der Waals surface area (Å²) < 4.78 is 2.69. The van der Waals surface area contributed by atoms with Crippen LogP contribution >= 0.6 is 0 Å². The van der Waals surface area contributed by atoms with E-state index in [4.69, 9.17) is 0 Å². The molecule has 0 N–H and O–H groups in total. The minimum Gasteiger partial charge on any atom is -0.345 e. The fourth-order valence-corrected chi connectivity index (χ4v) is 3.70. The summed E-state index contributed by atoms with van der Waals surface area (Å²) in [7, 11) is 0. The van der Waals surface area contributed by atoms with Gasteiger partial charge in [0.05, 0.1) is 0 Å². The van der Waals surface area contributed by atoms with Gasteiger partial charge in [-0.1, -0.05) is 19.1 Å². The largest absolute Gasteiger partial charge is 0.345 e. The van der Waals surface area contributed by atoms with Crippen LogP contribution in [0.3, 0.4) is 0 Å². The maximum atomic E-state index is 2.69. The molecule has 0 bridgehead atoms. The standard InChI is InChI=1S/C15H21N/c1-3-6-13-12(4-2)14-8-5-7-11-9-10-15(13)16(11)14/h3,6,11H,4-5,7-10H2,1-2H3/b6-3-/t11-/m0/s1. The first-order chi connectivity index (χ1) is 7.86.